The van der Waals surface area contributed by atoms with E-state index in [0.29, 0.717) is 18.3 Å². The number of nitrogens with zero attached hydrogens (tertiary/aromatic N) is 3. The number of rotatable bonds is 5. The second kappa shape index (κ2) is 5.64. The van der Waals surface area contributed by atoms with Gasteiger partial charge in [-0.05, 0) is 13.1 Å². The average Bonchev–Trinajstić information content (AvgIpc) is 2.75. The van der Waals surface area contributed by atoms with Crippen LogP contribution in [0.1, 0.15) is 17.3 Å². The Labute approximate surface area is 106 Å². The quantitative estimate of drug-likeness (QED) is 0.809. The summed E-state index contributed by atoms with van der Waals surface area (Å²) < 4.78 is 10.3. The van der Waals surface area contributed by atoms with E-state index in [1.807, 2.05) is 25.2 Å². The third-order valence-electron chi connectivity index (χ3n) is 2.61. The van der Waals surface area contributed by atoms with Crippen LogP contribution in [0, 0.1) is 6.92 Å². The molecule has 1 aromatic heterocycles. The van der Waals surface area contributed by atoms with E-state index in [2.05, 4.69) is 21.1 Å². The van der Waals surface area contributed by atoms with E-state index in [1.165, 1.54) is 0 Å². The van der Waals surface area contributed by atoms with Gasteiger partial charge >= 0.3 is 0 Å². The zero-order chi connectivity index (χ0) is 13.0. The lowest BCUT2D eigenvalue weighted by molar-refractivity contribution is 0.294. The maximum absolute atomic E-state index is 5.32. The lowest BCUT2D eigenvalue weighted by atomic mass is 10.2. The van der Waals surface area contributed by atoms with Crippen LogP contribution in [-0.2, 0) is 13.1 Å². The fourth-order valence-corrected chi connectivity index (χ4v) is 1.83. The summed E-state index contributed by atoms with van der Waals surface area (Å²) in [6, 6.07) is 7.98. The molecule has 0 saturated heterocycles. The summed E-state index contributed by atoms with van der Waals surface area (Å²) in [6.45, 7) is 3.21. The van der Waals surface area contributed by atoms with E-state index in [0.717, 1.165) is 17.9 Å². The Kier molecular flexibility index (Phi) is 3.94. The fraction of sp³-hybridized carbons (Fsp3) is 0.385. The summed E-state index contributed by atoms with van der Waals surface area (Å²) in [4.78, 5) is 6.30. The Morgan fingerprint density at radius 3 is 2.72 bits per heavy atom. The van der Waals surface area contributed by atoms with Gasteiger partial charge in [-0.1, -0.05) is 23.4 Å². The molecular formula is C13H17N3O2. The Bertz CT molecular complexity index is 510. The minimum atomic E-state index is 0.593. The summed E-state index contributed by atoms with van der Waals surface area (Å²) >= 11 is 0. The number of methoxy groups -OCH3 is 1. The molecule has 5 heteroatoms. The lowest BCUT2D eigenvalue weighted by Gasteiger charge is -2.16. The molecule has 1 heterocycles. The molecule has 0 atom stereocenters. The van der Waals surface area contributed by atoms with Crippen molar-refractivity contribution in [2.24, 2.45) is 0 Å². The highest BCUT2D eigenvalue weighted by molar-refractivity contribution is 5.32. The second-order valence-corrected chi connectivity index (χ2v) is 4.21. The van der Waals surface area contributed by atoms with Crippen molar-refractivity contribution >= 4 is 0 Å². The first-order valence-corrected chi connectivity index (χ1v) is 5.78. The summed E-state index contributed by atoms with van der Waals surface area (Å²) in [5.74, 6) is 2.19. The van der Waals surface area contributed by atoms with Gasteiger partial charge in [0.15, 0.2) is 5.82 Å². The molecule has 96 valence electrons. The van der Waals surface area contributed by atoms with Gasteiger partial charge in [-0.2, -0.15) is 4.98 Å². The molecule has 0 unspecified atom stereocenters. The Balaban J connectivity index is 2.00. The van der Waals surface area contributed by atoms with Crippen LogP contribution in [0.15, 0.2) is 28.8 Å². The molecule has 2 aromatic rings. The van der Waals surface area contributed by atoms with Crippen LogP contribution < -0.4 is 4.74 Å². The molecule has 0 aliphatic carbocycles. The molecule has 0 aliphatic heterocycles. The predicted octanol–water partition coefficient (Wildman–Crippen LogP) is 2.02. The first kappa shape index (κ1) is 12.6. The van der Waals surface area contributed by atoms with E-state index in [4.69, 9.17) is 9.26 Å². The first-order chi connectivity index (χ1) is 8.69. The maximum Gasteiger partial charge on any atom is 0.223 e. The summed E-state index contributed by atoms with van der Waals surface area (Å²) in [6.07, 6.45) is 0. The molecule has 1 aromatic carbocycles. The third kappa shape index (κ3) is 3.07. The van der Waals surface area contributed by atoms with Crippen LogP contribution in [0.2, 0.25) is 0 Å². The van der Waals surface area contributed by atoms with Crippen LogP contribution in [0.25, 0.3) is 0 Å². The van der Waals surface area contributed by atoms with Crippen molar-refractivity contribution in [2.75, 3.05) is 14.2 Å². The first-order valence-electron chi connectivity index (χ1n) is 5.78. The van der Waals surface area contributed by atoms with E-state index in [9.17, 15) is 0 Å². The van der Waals surface area contributed by atoms with Crippen LogP contribution in [0.3, 0.4) is 0 Å². The molecule has 2 rings (SSSR count). The highest BCUT2D eigenvalue weighted by Gasteiger charge is 2.09. The minimum Gasteiger partial charge on any atom is -0.496 e. The van der Waals surface area contributed by atoms with Crippen molar-refractivity contribution in [3.63, 3.8) is 0 Å². The smallest absolute Gasteiger partial charge is 0.223 e. The van der Waals surface area contributed by atoms with Crippen molar-refractivity contribution in [3.8, 4) is 5.75 Å². The highest BCUT2D eigenvalue weighted by atomic mass is 16.5. The summed E-state index contributed by atoms with van der Waals surface area (Å²) in [5.41, 5.74) is 1.14. The van der Waals surface area contributed by atoms with E-state index in [1.54, 1.807) is 14.0 Å². The van der Waals surface area contributed by atoms with Gasteiger partial charge in [-0.25, -0.2) is 0 Å². The van der Waals surface area contributed by atoms with Crippen LogP contribution in [-0.4, -0.2) is 29.2 Å². The van der Waals surface area contributed by atoms with Gasteiger partial charge in [0, 0.05) is 19.0 Å². The van der Waals surface area contributed by atoms with Gasteiger partial charge in [0.25, 0.3) is 0 Å². The Morgan fingerprint density at radius 2 is 2.06 bits per heavy atom. The molecule has 0 spiro atoms. The van der Waals surface area contributed by atoms with Crippen LogP contribution >= 0.6 is 0 Å². The molecule has 0 saturated carbocycles. The van der Waals surface area contributed by atoms with Crippen molar-refractivity contribution in [1.29, 1.82) is 0 Å². The zero-order valence-electron chi connectivity index (χ0n) is 10.9. The molecule has 0 fully saturated rings. The topological polar surface area (TPSA) is 51.4 Å². The van der Waals surface area contributed by atoms with Gasteiger partial charge in [0.1, 0.15) is 5.75 Å². The second-order valence-electron chi connectivity index (χ2n) is 4.21. The molecule has 0 N–H and O–H groups in total. The monoisotopic (exact) mass is 247 g/mol. The van der Waals surface area contributed by atoms with Crippen molar-refractivity contribution < 1.29 is 9.26 Å². The average molecular weight is 247 g/mol. The minimum absolute atomic E-state index is 0.593. The Morgan fingerprint density at radius 1 is 1.28 bits per heavy atom. The Hall–Kier alpha value is -1.88. The molecule has 18 heavy (non-hydrogen) atoms. The fourth-order valence-electron chi connectivity index (χ4n) is 1.83. The summed E-state index contributed by atoms with van der Waals surface area (Å²) in [5, 5.41) is 3.88. The molecular weight excluding hydrogens is 230 g/mol. The van der Waals surface area contributed by atoms with Gasteiger partial charge < -0.3 is 9.26 Å². The molecule has 0 aliphatic rings. The number of ether oxygens (including phenoxy) is 1. The number of benzene rings is 1. The largest absolute Gasteiger partial charge is 0.496 e. The SMILES string of the molecule is COc1ccccc1CN(C)Cc1noc(C)n1. The van der Waals surface area contributed by atoms with E-state index >= 15 is 0 Å². The number of hydrogen-bond acceptors (Lipinski definition) is 5. The molecule has 0 amide bonds. The van der Waals surface area contributed by atoms with E-state index in [-0.39, 0.29) is 0 Å². The van der Waals surface area contributed by atoms with Gasteiger partial charge in [-0.3, -0.25) is 4.90 Å². The van der Waals surface area contributed by atoms with Crippen LogP contribution in [0.5, 0.6) is 5.75 Å². The van der Waals surface area contributed by atoms with Crippen LogP contribution in [0.4, 0.5) is 0 Å². The third-order valence-corrected chi connectivity index (χ3v) is 2.61. The van der Waals surface area contributed by atoms with Gasteiger partial charge in [0.2, 0.25) is 5.89 Å². The number of hydrogen-bond donors (Lipinski definition) is 0. The van der Waals surface area contributed by atoms with Crippen molar-refractivity contribution in [1.82, 2.24) is 15.0 Å². The molecule has 0 radical (unpaired) electrons. The normalized spacial score (nSPS) is 10.9. The zero-order valence-corrected chi connectivity index (χ0v) is 10.9. The molecule has 5 nitrogen and oxygen atoms in total. The maximum atomic E-state index is 5.32. The predicted molar refractivity (Wildman–Crippen MR) is 67.2 cm³/mol. The number of para-hydroxylation sites is 1. The number of aromatic nitrogens is 2. The van der Waals surface area contributed by atoms with Crippen molar-refractivity contribution in [2.45, 2.75) is 20.0 Å². The number of aryl methyl sites for hydroxylation is 1. The standard InChI is InChI=1S/C13H17N3O2/c1-10-14-13(15-18-10)9-16(2)8-11-6-4-5-7-12(11)17-3/h4-7H,8-9H2,1-3H3. The summed E-state index contributed by atoms with van der Waals surface area (Å²) in [7, 11) is 3.69. The van der Waals surface area contributed by atoms with Gasteiger partial charge in [-0.15, -0.1) is 0 Å². The van der Waals surface area contributed by atoms with E-state index < -0.39 is 0 Å². The van der Waals surface area contributed by atoms with Crippen molar-refractivity contribution in [3.05, 3.63) is 41.5 Å². The highest BCUT2D eigenvalue weighted by Crippen LogP contribution is 2.19. The lowest BCUT2D eigenvalue weighted by Crippen LogP contribution is -2.18. The molecule has 0 bridgehead atoms. The van der Waals surface area contributed by atoms with Gasteiger partial charge in [0.05, 0.1) is 13.7 Å².